The Hall–Kier alpha value is -3.69. The number of hydrogen-bond donors (Lipinski definition) is 2. The van der Waals surface area contributed by atoms with Crippen molar-refractivity contribution >= 4 is 22.1 Å². The average Bonchev–Trinajstić information content (AvgIpc) is 2.89. The lowest BCUT2D eigenvalue weighted by molar-refractivity contribution is -0.121. The van der Waals surface area contributed by atoms with Crippen molar-refractivity contribution in [3.63, 3.8) is 0 Å². The normalized spacial score (nSPS) is 12.3. The summed E-state index contributed by atoms with van der Waals surface area (Å²) in [5.74, 6) is 0.771. The van der Waals surface area contributed by atoms with Gasteiger partial charge in [-0.1, -0.05) is 61.4 Å². The predicted molar refractivity (Wildman–Crippen MR) is 144 cm³/mol. The zero-order chi connectivity index (χ0) is 26.7. The number of methoxy groups -OCH3 is 1. The van der Waals surface area contributed by atoms with E-state index in [9.17, 15) is 13.2 Å². The SMILES string of the molecule is CCCCOc1ccc(/C=N\NC(=O)C[C@@H](NS(=O)(=O)c2ccc(C)cc2)c2ccccc2)cc1OC. The van der Waals surface area contributed by atoms with E-state index in [0.717, 1.165) is 18.4 Å². The van der Waals surface area contributed by atoms with Gasteiger partial charge in [-0.2, -0.15) is 5.10 Å². The molecule has 0 heterocycles. The number of nitrogens with zero attached hydrogens (tertiary/aromatic N) is 1. The van der Waals surface area contributed by atoms with Crippen LogP contribution in [0.5, 0.6) is 11.5 Å². The highest BCUT2D eigenvalue weighted by atomic mass is 32.2. The summed E-state index contributed by atoms with van der Waals surface area (Å²) >= 11 is 0. The number of carbonyl (C=O) groups excluding carboxylic acids is 1. The molecule has 0 fully saturated rings. The highest BCUT2D eigenvalue weighted by Crippen LogP contribution is 2.28. The third kappa shape index (κ3) is 8.44. The third-order valence-electron chi connectivity index (χ3n) is 5.57. The third-order valence-corrected chi connectivity index (χ3v) is 7.05. The number of unbranched alkanes of at least 4 members (excludes halogenated alkanes) is 1. The van der Waals surface area contributed by atoms with E-state index in [0.29, 0.717) is 29.2 Å². The molecule has 0 spiro atoms. The maximum atomic E-state index is 13.0. The highest BCUT2D eigenvalue weighted by Gasteiger charge is 2.23. The van der Waals surface area contributed by atoms with Crippen molar-refractivity contribution in [3.05, 3.63) is 89.5 Å². The summed E-state index contributed by atoms with van der Waals surface area (Å²) in [6.07, 6.45) is 3.33. The number of benzene rings is 3. The number of carbonyl (C=O) groups is 1. The number of ether oxygens (including phenoxy) is 2. The summed E-state index contributed by atoms with van der Waals surface area (Å²) in [6.45, 7) is 4.58. The van der Waals surface area contributed by atoms with Crippen LogP contribution in [0.4, 0.5) is 0 Å². The summed E-state index contributed by atoms with van der Waals surface area (Å²) in [4.78, 5) is 12.8. The van der Waals surface area contributed by atoms with Crippen LogP contribution in [-0.4, -0.2) is 34.3 Å². The van der Waals surface area contributed by atoms with Crippen LogP contribution in [0.2, 0.25) is 0 Å². The zero-order valence-electron chi connectivity index (χ0n) is 21.3. The van der Waals surface area contributed by atoms with Crippen molar-refractivity contribution in [1.29, 1.82) is 0 Å². The Balaban J connectivity index is 1.68. The lowest BCUT2D eigenvalue weighted by atomic mass is 10.0. The number of hydrazone groups is 1. The largest absolute Gasteiger partial charge is 0.493 e. The molecule has 0 bridgehead atoms. The summed E-state index contributed by atoms with van der Waals surface area (Å²) in [5.41, 5.74) is 4.81. The second-order valence-electron chi connectivity index (χ2n) is 8.51. The van der Waals surface area contributed by atoms with Crippen LogP contribution in [-0.2, 0) is 14.8 Å². The van der Waals surface area contributed by atoms with E-state index in [1.807, 2.05) is 19.1 Å². The minimum absolute atomic E-state index is 0.133. The molecule has 0 saturated heterocycles. The first-order chi connectivity index (χ1) is 17.8. The van der Waals surface area contributed by atoms with Crippen LogP contribution in [0, 0.1) is 6.92 Å². The average molecular weight is 524 g/mol. The van der Waals surface area contributed by atoms with E-state index in [1.54, 1.807) is 67.8 Å². The van der Waals surface area contributed by atoms with Gasteiger partial charge in [-0.25, -0.2) is 18.6 Å². The first-order valence-corrected chi connectivity index (χ1v) is 13.6. The molecule has 0 aliphatic heterocycles. The highest BCUT2D eigenvalue weighted by molar-refractivity contribution is 7.89. The van der Waals surface area contributed by atoms with Gasteiger partial charge in [0.2, 0.25) is 15.9 Å². The van der Waals surface area contributed by atoms with Crippen LogP contribution >= 0.6 is 0 Å². The second kappa shape index (κ2) is 13.6. The van der Waals surface area contributed by atoms with Crippen LogP contribution < -0.4 is 19.6 Å². The topological polar surface area (TPSA) is 106 Å². The van der Waals surface area contributed by atoms with E-state index in [1.165, 1.54) is 6.21 Å². The molecule has 3 rings (SSSR count). The van der Waals surface area contributed by atoms with Gasteiger partial charge in [-0.15, -0.1) is 0 Å². The Kier molecular flexibility index (Phi) is 10.2. The Morgan fingerprint density at radius 2 is 1.76 bits per heavy atom. The van der Waals surface area contributed by atoms with E-state index in [-0.39, 0.29) is 11.3 Å². The van der Waals surface area contributed by atoms with E-state index < -0.39 is 22.0 Å². The van der Waals surface area contributed by atoms with Crippen molar-refractivity contribution in [2.45, 2.75) is 44.0 Å². The van der Waals surface area contributed by atoms with Crippen molar-refractivity contribution < 1.29 is 22.7 Å². The lowest BCUT2D eigenvalue weighted by Crippen LogP contribution is -2.32. The molecule has 9 heteroatoms. The van der Waals surface area contributed by atoms with Gasteiger partial charge in [-0.3, -0.25) is 4.79 Å². The van der Waals surface area contributed by atoms with Gasteiger partial charge >= 0.3 is 0 Å². The molecule has 37 heavy (non-hydrogen) atoms. The number of aryl methyl sites for hydroxylation is 1. The number of hydrogen-bond acceptors (Lipinski definition) is 6. The smallest absolute Gasteiger partial charge is 0.242 e. The molecule has 0 unspecified atom stereocenters. The Morgan fingerprint density at radius 1 is 1.03 bits per heavy atom. The summed E-state index contributed by atoms with van der Waals surface area (Å²) in [5, 5.41) is 4.03. The fraction of sp³-hybridized carbons (Fsp3) is 0.286. The van der Waals surface area contributed by atoms with Gasteiger partial charge in [0.25, 0.3) is 0 Å². The maximum absolute atomic E-state index is 13.0. The molecule has 1 amide bonds. The molecule has 0 radical (unpaired) electrons. The van der Waals surface area contributed by atoms with Gasteiger partial charge in [0.15, 0.2) is 11.5 Å². The summed E-state index contributed by atoms with van der Waals surface area (Å²) < 4.78 is 39.8. The maximum Gasteiger partial charge on any atom is 0.242 e. The van der Waals surface area contributed by atoms with Crippen molar-refractivity contribution in [1.82, 2.24) is 10.1 Å². The summed E-state index contributed by atoms with van der Waals surface area (Å²) in [6, 6.07) is 20.1. The first kappa shape index (κ1) is 27.9. The molecular weight excluding hydrogens is 490 g/mol. The van der Waals surface area contributed by atoms with Gasteiger partial charge in [0, 0.05) is 6.42 Å². The Bertz CT molecular complexity index is 1290. The van der Waals surface area contributed by atoms with Gasteiger partial charge in [0.1, 0.15) is 0 Å². The fourth-order valence-electron chi connectivity index (χ4n) is 3.51. The minimum atomic E-state index is -3.85. The van der Waals surface area contributed by atoms with Gasteiger partial charge in [-0.05, 0) is 54.8 Å². The second-order valence-corrected chi connectivity index (χ2v) is 10.2. The predicted octanol–water partition coefficient (Wildman–Crippen LogP) is 4.74. The molecule has 3 aromatic carbocycles. The molecule has 3 aromatic rings. The van der Waals surface area contributed by atoms with Crippen molar-refractivity contribution in [3.8, 4) is 11.5 Å². The fourth-order valence-corrected chi connectivity index (χ4v) is 4.73. The quantitative estimate of drug-likeness (QED) is 0.191. The van der Waals surface area contributed by atoms with Gasteiger partial charge < -0.3 is 9.47 Å². The van der Waals surface area contributed by atoms with Crippen molar-refractivity contribution in [2.75, 3.05) is 13.7 Å². The molecule has 0 aliphatic rings. The van der Waals surface area contributed by atoms with Gasteiger partial charge in [0.05, 0.1) is 30.9 Å². The van der Waals surface area contributed by atoms with Crippen LogP contribution in [0.15, 0.2) is 82.8 Å². The summed E-state index contributed by atoms with van der Waals surface area (Å²) in [7, 11) is -2.29. The van der Waals surface area contributed by atoms with Crippen LogP contribution in [0.1, 0.15) is 48.9 Å². The Labute approximate surface area is 218 Å². The standard InChI is InChI=1S/C28H33N3O5S/c1-4-5-17-36-26-16-13-22(18-27(26)35-3)20-29-30-28(32)19-25(23-9-7-6-8-10-23)31-37(33,34)24-14-11-21(2)12-15-24/h6-16,18,20,25,31H,4-5,17,19H2,1-3H3,(H,30,32)/b29-20-/t25-/m1/s1. The zero-order valence-corrected chi connectivity index (χ0v) is 22.1. The number of sulfonamides is 1. The number of amides is 1. The van der Waals surface area contributed by atoms with E-state index in [2.05, 4.69) is 22.2 Å². The molecule has 1 atom stereocenters. The Morgan fingerprint density at radius 3 is 2.43 bits per heavy atom. The first-order valence-electron chi connectivity index (χ1n) is 12.1. The number of nitrogens with one attached hydrogen (secondary N) is 2. The molecule has 196 valence electrons. The monoisotopic (exact) mass is 523 g/mol. The van der Waals surface area contributed by atoms with Crippen molar-refractivity contribution in [2.24, 2.45) is 5.10 Å². The minimum Gasteiger partial charge on any atom is -0.493 e. The number of rotatable bonds is 13. The molecular formula is C28H33N3O5S. The molecule has 0 aliphatic carbocycles. The molecule has 0 saturated carbocycles. The van der Waals surface area contributed by atoms with Crippen LogP contribution in [0.3, 0.4) is 0 Å². The van der Waals surface area contributed by atoms with Crippen LogP contribution in [0.25, 0.3) is 0 Å². The van der Waals surface area contributed by atoms with E-state index >= 15 is 0 Å². The van der Waals surface area contributed by atoms with E-state index in [4.69, 9.17) is 9.47 Å². The molecule has 8 nitrogen and oxygen atoms in total. The molecule has 2 N–H and O–H groups in total. The lowest BCUT2D eigenvalue weighted by Gasteiger charge is -2.18. The molecule has 0 aromatic heterocycles.